The molecule has 4 saturated heterocycles. The quantitative estimate of drug-likeness (QED) is 0.361. The van der Waals surface area contributed by atoms with Crippen LogP contribution in [0.3, 0.4) is 0 Å². The van der Waals surface area contributed by atoms with Crippen LogP contribution in [0.25, 0.3) is 22.0 Å². The largest absolute Gasteiger partial charge is 0.461 e. The van der Waals surface area contributed by atoms with E-state index in [9.17, 15) is 4.39 Å². The molecule has 3 aromatic rings. The summed E-state index contributed by atoms with van der Waals surface area (Å²) in [6, 6.07) is 8.37. The van der Waals surface area contributed by atoms with Crippen LogP contribution >= 0.6 is 0 Å². The molecule has 4 atom stereocenters. The lowest BCUT2D eigenvalue weighted by molar-refractivity contribution is 0.107. The van der Waals surface area contributed by atoms with Crippen molar-refractivity contribution in [2.75, 3.05) is 50.1 Å². The number of ether oxygens (including phenoxy) is 1. The number of nitrogens with zero attached hydrogens (tertiary/aromatic N) is 4. The van der Waals surface area contributed by atoms with E-state index in [1.165, 1.54) is 6.21 Å². The molecule has 0 radical (unpaired) electrons. The normalized spacial score (nSPS) is 27.4. The summed E-state index contributed by atoms with van der Waals surface area (Å²) < 4.78 is 37.3. The molecule has 216 valence electrons. The summed E-state index contributed by atoms with van der Waals surface area (Å²) in [6.45, 7) is 5.12. The number of nitrogens with one attached hydrogen (secondary N) is 3. The third-order valence-electron chi connectivity index (χ3n) is 9.63. The van der Waals surface area contributed by atoms with Crippen LogP contribution in [-0.4, -0.2) is 84.7 Å². The van der Waals surface area contributed by atoms with E-state index in [0.29, 0.717) is 58.6 Å². The van der Waals surface area contributed by atoms with Crippen molar-refractivity contribution in [3.63, 3.8) is 0 Å². The molecule has 2 unspecified atom stereocenters. The molecule has 4 aliphatic rings. The van der Waals surface area contributed by atoms with E-state index in [2.05, 4.69) is 25.4 Å². The Morgan fingerprint density at radius 1 is 1.17 bits per heavy atom. The summed E-state index contributed by atoms with van der Waals surface area (Å²) in [5, 5.41) is 15.3. The molecule has 0 amide bonds. The van der Waals surface area contributed by atoms with Crippen LogP contribution in [0.15, 0.2) is 24.3 Å². The van der Waals surface area contributed by atoms with Gasteiger partial charge in [-0.05, 0) is 50.8 Å². The number of benzene rings is 2. The predicted molar refractivity (Wildman–Crippen MR) is 158 cm³/mol. The van der Waals surface area contributed by atoms with Gasteiger partial charge < -0.3 is 25.7 Å². The number of rotatable bonds is 7. The lowest BCUT2D eigenvalue weighted by Gasteiger charge is -2.34. The van der Waals surface area contributed by atoms with Gasteiger partial charge in [0, 0.05) is 73.5 Å². The van der Waals surface area contributed by atoms with Crippen LogP contribution in [0, 0.1) is 18.2 Å². The summed E-state index contributed by atoms with van der Waals surface area (Å²) in [6.07, 6.45) is 4.99. The second kappa shape index (κ2) is 10.2. The molecule has 0 aliphatic carbocycles. The Kier molecular flexibility index (Phi) is 6.58. The van der Waals surface area contributed by atoms with Crippen molar-refractivity contribution in [1.82, 2.24) is 20.2 Å². The van der Waals surface area contributed by atoms with Crippen molar-refractivity contribution in [3.05, 3.63) is 41.2 Å². The fraction of sp³-hybridized carbons (Fsp3) is 0.516. The number of halogens is 2. The first-order valence-corrected chi connectivity index (χ1v) is 14.7. The zero-order chi connectivity index (χ0) is 28.3. The maximum atomic E-state index is 16.7. The van der Waals surface area contributed by atoms with Gasteiger partial charge in [-0.2, -0.15) is 9.97 Å². The van der Waals surface area contributed by atoms with E-state index in [-0.39, 0.29) is 23.7 Å². The Bertz CT molecular complexity index is 1500. The minimum absolute atomic E-state index is 0.136. The van der Waals surface area contributed by atoms with Crippen molar-refractivity contribution in [1.29, 1.82) is 5.41 Å². The summed E-state index contributed by atoms with van der Waals surface area (Å²) in [4.78, 5) is 14.0. The van der Waals surface area contributed by atoms with Crippen molar-refractivity contribution in [2.45, 2.75) is 62.8 Å². The Hall–Kier alpha value is -3.37. The van der Waals surface area contributed by atoms with E-state index in [4.69, 9.17) is 15.1 Å². The fourth-order valence-corrected chi connectivity index (χ4v) is 7.70. The zero-order valence-electron chi connectivity index (χ0n) is 23.6. The molecule has 8 nitrogen and oxygen atoms in total. The Balaban J connectivity index is 1.34. The molecule has 4 aliphatic heterocycles. The Labute approximate surface area is 239 Å². The van der Waals surface area contributed by atoms with Crippen LogP contribution in [0.2, 0.25) is 0 Å². The van der Waals surface area contributed by atoms with Crippen LogP contribution < -0.4 is 20.3 Å². The molecule has 0 spiro atoms. The van der Waals surface area contributed by atoms with E-state index < -0.39 is 12.0 Å². The number of anilines is 2. The molecule has 4 fully saturated rings. The SMILES string of the molecule is CNc1c(C=N)ccc(C)c1-c1ccc2c(N3CC4CCC(C3)N4)nc(OC[C@@]34CCCN3C[C@H](F)C4)nc2c1F. The minimum Gasteiger partial charge on any atom is -0.461 e. The first-order chi connectivity index (χ1) is 19.9. The van der Waals surface area contributed by atoms with Gasteiger partial charge in [-0.1, -0.05) is 18.2 Å². The van der Waals surface area contributed by atoms with Gasteiger partial charge >= 0.3 is 6.01 Å². The second-order valence-electron chi connectivity index (χ2n) is 12.2. The van der Waals surface area contributed by atoms with Crippen molar-refractivity contribution in [2.24, 2.45) is 0 Å². The highest BCUT2D eigenvalue weighted by Gasteiger charge is 2.49. The van der Waals surface area contributed by atoms with Gasteiger partial charge in [-0.15, -0.1) is 0 Å². The van der Waals surface area contributed by atoms with Gasteiger partial charge in [-0.3, -0.25) is 4.90 Å². The van der Waals surface area contributed by atoms with Crippen molar-refractivity contribution >= 4 is 28.6 Å². The predicted octanol–water partition coefficient (Wildman–Crippen LogP) is 4.68. The molecule has 5 heterocycles. The number of alkyl halides is 1. The van der Waals surface area contributed by atoms with Crippen LogP contribution in [0.5, 0.6) is 6.01 Å². The molecule has 7 rings (SSSR count). The third kappa shape index (κ3) is 4.43. The van der Waals surface area contributed by atoms with Crippen molar-refractivity contribution < 1.29 is 13.5 Å². The molecule has 41 heavy (non-hydrogen) atoms. The molecule has 2 bridgehead atoms. The third-order valence-corrected chi connectivity index (χ3v) is 9.63. The van der Waals surface area contributed by atoms with Gasteiger partial charge in [0.25, 0.3) is 0 Å². The first-order valence-electron chi connectivity index (χ1n) is 14.7. The molecular formula is C31H37F2N7O. The maximum Gasteiger partial charge on any atom is 0.319 e. The number of aromatic nitrogens is 2. The second-order valence-corrected chi connectivity index (χ2v) is 12.2. The summed E-state index contributed by atoms with van der Waals surface area (Å²) in [7, 11) is 1.78. The number of hydrogen-bond acceptors (Lipinski definition) is 8. The van der Waals surface area contributed by atoms with Crippen LogP contribution in [0.1, 0.15) is 43.2 Å². The highest BCUT2D eigenvalue weighted by Crippen LogP contribution is 2.42. The number of hydrogen-bond donors (Lipinski definition) is 3. The van der Waals surface area contributed by atoms with Crippen LogP contribution in [0.4, 0.5) is 20.3 Å². The summed E-state index contributed by atoms with van der Waals surface area (Å²) >= 11 is 0. The van der Waals surface area contributed by atoms with Gasteiger partial charge in [0.15, 0.2) is 5.82 Å². The molecule has 0 saturated carbocycles. The average Bonchev–Trinajstić information content (AvgIpc) is 3.62. The molecular weight excluding hydrogens is 524 g/mol. The zero-order valence-corrected chi connectivity index (χ0v) is 23.6. The number of aryl methyl sites for hydroxylation is 1. The molecule has 10 heteroatoms. The van der Waals surface area contributed by atoms with Gasteiger partial charge in [0.1, 0.15) is 24.1 Å². The number of fused-ring (bicyclic) bond motifs is 4. The van der Waals surface area contributed by atoms with Gasteiger partial charge in [0.05, 0.1) is 11.2 Å². The lowest BCUT2D eigenvalue weighted by Crippen LogP contribution is -2.51. The number of piperazine rings is 1. The monoisotopic (exact) mass is 561 g/mol. The van der Waals surface area contributed by atoms with E-state index in [1.54, 1.807) is 13.1 Å². The van der Waals surface area contributed by atoms with Gasteiger partial charge in [-0.25, -0.2) is 8.78 Å². The van der Waals surface area contributed by atoms with E-state index in [0.717, 1.165) is 50.9 Å². The average molecular weight is 562 g/mol. The minimum atomic E-state index is -0.857. The Morgan fingerprint density at radius 2 is 1.98 bits per heavy atom. The fourth-order valence-electron chi connectivity index (χ4n) is 7.70. The lowest BCUT2D eigenvalue weighted by atomic mass is 9.94. The first kappa shape index (κ1) is 26.5. The molecule has 3 N–H and O–H groups in total. The smallest absolute Gasteiger partial charge is 0.319 e. The van der Waals surface area contributed by atoms with Crippen molar-refractivity contribution in [3.8, 4) is 17.1 Å². The highest BCUT2D eigenvalue weighted by atomic mass is 19.1. The maximum absolute atomic E-state index is 16.7. The van der Waals surface area contributed by atoms with Crippen LogP contribution in [-0.2, 0) is 0 Å². The molecule has 2 aromatic carbocycles. The summed E-state index contributed by atoms with van der Waals surface area (Å²) in [5.74, 6) is 0.240. The Morgan fingerprint density at radius 3 is 2.73 bits per heavy atom. The molecule has 1 aromatic heterocycles. The standard InChI is InChI=1S/C31H37F2N7O/c1-18-4-5-19(13-34)27(35-2)25(18)23-8-9-24-28(26(23)33)37-30(38-29(24)39-15-21-6-7-22(16-39)36-21)41-17-31-10-3-11-40(31)14-20(32)12-31/h4-5,8-9,13,20-22,34-36H,3,6-7,10-12,14-17H2,1-2H3/t20-,21?,22?,31+/m1/s1. The topological polar surface area (TPSA) is 89.4 Å². The van der Waals surface area contributed by atoms with E-state index in [1.807, 2.05) is 25.1 Å². The van der Waals surface area contributed by atoms with E-state index >= 15 is 4.39 Å². The highest BCUT2D eigenvalue weighted by molar-refractivity contribution is 5.99. The van der Waals surface area contributed by atoms with Gasteiger partial charge in [0.2, 0.25) is 0 Å². The summed E-state index contributed by atoms with van der Waals surface area (Å²) in [5.41, 5.74) is 3.26.